The van der Waals surface area contributed by atoms with Crippen LogP contribution in [0.3, 0.4) is 0 Å². The highest BCUT2D eigenvalue weighted by Crippen LogP contribution is 2.35. The Morgan fingerprint density at radius 2 is 1.68 bits per heavy atom. The summed E-state index contributed by atoms with van der Waals surface area (Å²) in [6.07, 6.45) is 0. The highest BCUT2D eigenvalue weighted by atomic mass is 127. The van der Waals surface area contributed by atoms with Crippen molar-refractivity contribution < 1.29 is 9.47 Å². The molecule has 28 heavy (non-hydrogen) atoms. The number of rotatable bonds is 8. The highest BCUT2D eigenvalue weighted by molar-refractivity contribution is 14.1. The van der Waals surface area contributed by atoms with Gasteiger partial charge in [-0.2, -0.15) is 0 Å². The number of hydrogen-bond donors (Lipinski definition) is 1. The van der Waals surface area contributed by atoms with Gasteiger partial charge in [0, 0.05) is 12.2 Å². The standard InChI is InChI=1S/C22H20Cl2INO2/c1-2-27-21-11-16(13-26-17-8-9-18(23)19(24)12-17)10-20(25)22(21)28-14-15-6-4-3-5-7-15/h3-12,26H,2,13-14H2,1H3. The summed E-state index contributed by atoms with van der Waals surface area (Å²) in [4.78, 5) is 0. The molecular formula is C22H20Cl2INO2. The lowest BCUT2D eigenvalue weighted by atomic mass is 10.2. The summed E-state index contributed by atoms with van der Waals surface area (Å²) in [6, 6.07) is 19.7. The number of halogens is 3. The van der Waals surface area contributed by atoms with E-state index in [4.69, 9.17) is 32.7 Å². The van der Waals surface area contributed by atoms with E-state index in [2.05, 4.69) is 34.0 Å². The van der Waals surface area contributed by atoms with E-state index in [9.17, 15) is 0 Å². The molecule has 3 aromatic rings. The van der Waals surface area contributed by atoms with Gasteiger partial charge in [0.05, 0.1) is 20.2 Å². The largest absolute Gasteiger partial charge is 0.490 e. The van der Waals surface area contributed by atoms with Crippen LogP contribution >= 0.6 is 45.8 Å². The maximum absolute atomic E-state index is 6.08. The van der Waals surface area contributed by atoms with Gasteiger partial charge in [0.15, 0.2) is 11.5 Å². The van der Waals surface area contributed by atoms with Gasteiger partial charge in [0.25, 0.3) is 0 Å². The van der Waals surface area contributed by atoms with Crippen molar-refractivity contribution in [1.82, 2.24) is 0 Å². The molecule has 0 fully saturated rings. The van der Waals surface area contributed by atoms with Crippen molar-refractivity contribution in [2.24, 2.45) is 0 Å². The van der Waals surface area contributed by atoms with Crippen LogP contribution in [0.4, 0.5) is 5.69 Å². The Bertz CT molecular complexity index is 935. The van der Waals surface area contributed by atoms with Crippen molar-refractivity contribution >= 4 is 51.5 Å². The SMILES string of the molecule is CCOc1cc(CNc2ccc(Cl)c(Cl)c2)cc(I)c1OCc1ccccc1. The molecule has 0 saturated carbocycles. The van der Waals surface area contributed by atoms with Gasteiger partial charge in [0.2, 0.25) is 0 Å². The second kappa shape index (κ2) is 10.2. The summed E-state index contributed by atoms with van der Waals surface area (Å²) in [6.45, 7) is 3.67. The van der Waals surface area contributed by atoms with Gasteiger partial charge in [0.1, 0.15) is 6.61 Å². The smallest absolute Gasteiger partial charge is 0.174 e. The van der Waals surface area contributed by atoms with Crippen LogP contribution in [0.1, 0.15) is 18.1 Å². The van der Waals surface area contributed by atoms with Crippen LogP contribution in [0.25, 0.3) is 0 Å². The minimum atomic E-state index is 0.498. The Morgan fingerprint density at radius 3 is 2.39 bits per heavy atom. The van der Waals surface area contributed by atoms with E-state index >= 15 is 0 Å². The van der Waals surface area contributed by atoms with Gasteiger partial charge < -0.3 is 14.8 Å². The quantitative estimate of drug-likeness (QED) is 0.314. The van der Waals surface area contributed by atoms with Gasteiger partial charge in [-0.1, -0.05) is 53.5 Å². The minimum absolute atomic E-state index is 0.498. The van der Waals surface area contributed by atoms with Crippen LogP contribution < -0.4 is 14.8 Å². The molecule has 3 aromatic carbocycles. The summed E-state index contributed by atoms with van der Waals surface area (Å²) in [5.74, 6) is 1.51. The van der Waals surface area contributed by atoms with Crippen molar-refractivity contribution in [2.45, 2.75) is 20.1 Å². The number of hydrogen-bond acceptors (Lipinski definition) is 3. The Kier molecular flexibility index (Phi) is 7.71. The average Bonchev–Trinajstić information content (AvgIpc) is 2.69. The first-order chi connectivity index (χ1) is 13.6. The van der Waals surface area contributed by atoms with Crippen LogP contribution in [-0.2, 0) is 13.2 Å². The molecule has 0 unspecified atom stereocenters. The van der Waals surface area contributed by atoms with E-state index in [-0.39, 0.29) is 0 Å². The van der Waals surface area contributed by atoms with Crippen molar-refractivity contribution in [1.29, 1.82) is 0 Å². The fourth-order valence-corrected chi connectivity index (χ4v) is 3.79. The van der Waals surface area contributed by atoms with Crippen molar-refractivity contribution in [3.05, 3.63) is 85.4 Å². The average molecular weight is 528 g/mol. The summed E-state index contributed by atoms with van der Waals surface area (Å²) >= 11 is 14.3. The molecule has 0 bridgehead atoms. The van der Waals surface area contributed by atoms with Crippen LogP contribution in [0, 0.1) is 3.57 Å². The van der Waals surface area contributed by atoms with Crippen LogP contribution in [0.2, 0.25) is 10.0 Å². The van der Waals surface area contributed by atoms with Crippen LogP contribution in [0.5, 0.6) is 11.5 Å². The van der Waals surface area contributed by atoms with E-state index in [0.29, 0.717) is 29.8 Å². The Balaban J connectivity index is 1.74. The molecule has 0 aromatic heterocycles. The van der Waals surface area contributed by atoms with E-state index in [1.54, 1.807) is 6.07 Å². The van der Waals surface area contributed by atoms with E-state index in [0.717, 1.165) is 31.9 Å². The molecule has 6 heteroatoms. The lowest BCUT2D eigenvalue weighted by Crippen LogP contribution is -2.05. The van der Waals surface area contributed by atoms with Gasteiger partial charge in [-0.05, 0) is 71.0 Å². The predicted octanol–water partition coefficient (Wildman–Crippen LogP) is 7.19. The summed E-state index contributed by atoms with van der Waals surface area (Å²) < 4.78 is 12.9. The first kappa shape index (κ1) is 21.1. The first-order valence-electron chi connectivity index (χ1n) is 8.87. The highest BCUT2D eigenvalue weighted by Gasteiger charge is 2.13. The fourth-order valence-electron chi connectivity index (χ4n) is 2.67. The lowest BCUT2D eigenvalue weighted by Gasteiger charge is -2.16. The molecule has 0 radical (unpaired) electrons. The molecule has 0 spiro atoms. The Morgan fingerprint density at radius 1 is 0.893 bits per heavy atom. The third-order valence-electron chi connectivity index (χ3n) is 4.01. The zero-order valence-corrected chi connectivity index (χ0v) is 19.0. The number of anilines is 1. The molecule has 0 aliphatic heterocycles. The summed E-state index contributed by atoms with van der Waals surface area (Å²) in [7, 11) is 0. The molecule has 0 amide bonds. The molecule has 0 aliphatic rings. The molecule has 0 atom stereocenters. The fraction of sp³-hybridized carbons (Fsp3) is 0.182. The zero-order valence-electron chi connectivity index (χ0n) is 15.3. The van der Waals surface area contributed by atoms with Crippen LogP contribution in [-0.4, -0.2) is 6.61 Å². The lowest BCUT2D eigenvalue weighted by molar-refractivity contribution is 0.267. The van der Waals surface area contributed by atoms with Crippen molar-refractivity contribution in [3.63, 3.8) is 0 Å². The summed E-state index contributed by atoms with van der Waals surface area (Å²) in [5.41, 5.74) is 3.11. The monoisotopic (exact) mass is 527 g/mol. The number of nitrogens with one attached hydrogen (secondary N) is 1. The van der Waals surface area contributed by atoms with Crippen LogP contribution in [0.15, 0.2) is 60.7 Å². The molecular weight excluding hydrogens is 508 g/mol. The number of benzene rings is 3. The Labute approximate surface area is 189 Å². The van der Waals surface area contributed by atoms with Gasteiger partial charge in [-0.3, -0.25) is 0 Å². The third kappa shape index (κ3) is 5.69. The maximum atomic E-state index is 6.08. The van der Waals surface area contributed by atoms with E-state index < -0.39 is 0 Å². The number of ether oxygens (including phenoxy) is 2. The maximum Gasteiger partial charge on any atom is 0.174 e. The van der Waals surface area contributed by atoms with Gasteiger partial charge in [-0.15, -0.1) is 0 Å². The topological polar surface area (TPSA) is 30.5 Å². The molecule has 0 heterocycles. The summed E-state index contributed by atoms with van der Waals surface area (Å²) in [5, 5.41) is 4.43. The van der Waals surface area contributed by atoms with Gasteiger partial charge in [-0.25, -0.2) is 0 Å². The van der Waals surface area contributed by atoms with E-state index in [1.807, 2.05) is 55.5 Å². The molecule has 1 N–H and O–H groups in total. The predicted molar refractivity (Wildman–Crippen MR) is 125 cm³/mol. The van der Waals surface area contributed by atoms with Crippen molar-refractivity contribution in [2.75, 3.05) is 11.9 Å². The van der Waals surface area contributed by atoms with E-state index in [1.165, 1.54) is 0 Å². The molecule has 3 rings (SSSR count). The second-order valence-electron chi connectivity index (χ2n) is 6.09. The molecule has 3 nitrogen and oxygen atoms in total. The zero-order chi connectivity index (χ0) is 19.9. The third-order valence-corrected chi connectivity index (χ3v) is 5.55. The van der Waals surface area contributed by atoms with Gasteiger partial charge >= 0.3 is 0 Å². The minimum Gasteiger partial charge on any atom is -0.490 e. The van der Waals surface area contributed by atoms with Crippen molar-refractivity contribution in [3.8, 4) is 11.5 Å². The molecule has 0 aliphatic carbocycles. The Hall–Kier alpha value is -1.63. The first-order valence-corrected chi connectivity index (χ1v) is 10.7. The normalized spacial score (nSPS) is 10.6. The molecule has 146 valence electrons. The molecule has 0 saturated heterocycles. The second-order valence-corrected chi connectivity index (χ2v) is 8.07.